The summed E-state index contributed by atoms with van der Waals surface area (Å²) in [5.41, 5.74) is 7.47. The van der Waals surface area contributed by atoms with Crippen molar-refractivity contribution < 1.29 is 0 Å². The molecule has 2 atom stereocenters. The molecule has 0 aliphatic rings. The average molecular weight is 280 g/mol. The molecule has 0 aliphatic heterocycles. The van der Waals surface area contributed by atoms with Crippen molar-refractivity contribution >= 4 is 11.8 Å². The summed E-state index contributed by atoms with van der Waals surface area (Å²) >= 11 is 1.93. The maximum absolute atomic E-state index is 6.22. The lowest BCUT2D eigenvalue weighted by molar-refractivity contribution is 0.246. The van der Waals surface area contributed by atoms with Gasteiger partial charge in [0.25, 0.3) is 0 Å². The van der Waals surface area contributed by atoms with Crippen LogP contribution in [0.3, 0.4) is 0 Å². The Morgan fingerprint density at radius 1 is 1.21 bits per heavy atom. The third-order valence-corrected chi connectivity index (χ3v) is 4.39. The monoisotopic (exact) mass is 280 g/mol. The first-order valence-electron chi connectivity index (χ1n) is 7.15. The second-order valence-corrected chi connectivity index (χ2v) is 6.26. The van der Waals surface area contributed by atoms with Crippen LogP contribution in [0.25, 0.3) is 0 Å². The molecule has 2 unspecified atom stereocenters. The third-order valence-electron chi connectivity index (χ3n) is 3.75. The Morgan fingerprint density at radius 3 is 2.53 bits per heavy atom. The molecule has 19 heavy (non-hydrogen) atoms. The van der Waals surface area contributed by atoms with Gasteiger partial charge in [0.1, 0.15) is 0 Å². The molecule has 0 heterocycles. The number of hydrogen-bond acceptors (Lipinski definition) is 3. The van der Waals surface area contributed by atoms with Crippen LogP contribution in [0, 0.1) is 0 Å². The standard InChI is InChI=1S/C16H28N2S/c1-14(11-13-19-3)18(2)12-7-10-16(17)15-8-5-4-6-9-15/h4-6,8-9,14,16H,7,10-13,17H2,1-3H3. The molecule has 0 spiro atoms. The summed E-state index contributed by atoms with van der Waals surface area (Å²) in [5, 5.41) is 0. The molecule has 0 aromatic heterocycles. The molecule has 0 saturated heterocycles. The van der Waals surface area contributed by atoms with Crippen LogP contribution in [0.4, 0.5) is 0 Å². The van der Waals surface area contributed by atoms with Gasteiger partial charge in [-0.25, -0.2) is 0 Å². The van der Waals surface area contributed by atoms with E-state index >= 15 is 0 Å². The number of rotatable bonds is 9. The van der Waals surface area contributed by atoms with Gasteiger partial charge in [0.15, 0.2) is 0 Å². The zero-order chi connectivity index (χ0) is 14.1. The van der Waals surface area contributed by atoms with Crippen molar-refractivity contribution in [1.29, 1.82) is 0 Å². The summed E-state index contributed by atoms with van der Waals surface area (Å²) < 4.78 is 0. The minimum absolute atomic E-state index is 0.177. The summed E-state index contributed by atoms with van der Waals surface area (Å²) in [4.78, 5) is 2.45. The van der Waals surface area contributed by atoms with E-state index in [1.54, 1.807) is 0 Å². The zero-order valence-corrected chi connectivity index (χ0v) is 13.3. The van der Waals surface area contributed by atoms with E-state index in [0.29, 0.717) is 6.04 Å². The molecule has 0 saturated carbocycles. The smallest absolute Gasteiger partial charge is 0.0295 e. The Hall–Kier alpha value is -0.510. The van der Waals surface area contributed by atoms with E-state index in [1.165, 1.54) is 17.7 Å². The van der Waals surface area contributed by atoms with Gasteiger partial charge in [-0.05, 0) is 57.4 Å². The molecule has 1 aromatic carbocycles. The van der Waals surface area contributed by atoms with Gasteiger partial charge in [0.2, 0.25) is 0 Å². The fraction of sp³-hybridized carbons (Fsp3) is 0.625. The molecule has 0 fully saturated rings. The molecule has 0 amide bonds. The Morgan fingerprint density at radius 2 is 1.89 bits per heavy atom. The second kappa shape index (κ2) is 9.40. The van der Waals surface area contributed by atoms with Crippen molar-refractivity contribution in [1.82, 2.24) is 4.90 Å². The van der Waals surface area contributed by atoms with Crippen molar-refractivity contribution in [3.63, 3.8) is 0 Å². The van der Waals surface area contributed by atoms with E-state index in [9.17, 15) is 0 Å². The number of nitrogens with two attached hydrogens (primary N) is 1. The minimum atomic E-state index is 0.177. The molecule has 0 aliphatic carbocycles. The van der Waals surface area contributed by atoms with Crippen LogP contribution in [0.1, 0.15) is 37.8 Å². The van der Waals surface area contributed by atoms with E-state index in [-0.39, 0.29) is 6.04 Å². The molecular weight excluding hydrogens is 252 g/mol. The predicted octanol–water partition coefficient (Wildman–Crippen LogP) is 3.54. The summed E-state index contributed by atoms with van der Waals surface area (Å²) in [6.07, 6.45) is 5.66. The van der Waals surface area contributed by atoms with E-state index in [4.69, 9.17) is 5.73 Å². The highest BCUT2D eigenvalue weighted by Gasteiger charge is 2.10. The normalized spacial score (nSPS) is 14.6. The average Bonchev–Trinajstić information content (AvgIpc) is 2.45. The Labute approximate surface area is 122 Å². The largest absolute Gasteiger partial charge is 0.324 e. The van der Waals surface area contributed by atoms with Crippen LogP contribution in [0.5, 0.6) is 0 Å². The van der Waals surface area contributed by atoms with E-state index < -0.39 is 0 Å². The lowest BCUT2D eigenvalue weighted by Crippen LogP contribution is -2.30. The van der Waals surface area contributed by atoms with Crippen molar-refractivity contribution in [3.05, 3.63) is 35.9 Å². The van der Waals surface area contributed by atoms with Gasteiger partial charge in [-0.2, -0.15) is 11.8 Å². The van der Waals surface area contributed by atoms with Crippen molar-refractivity contribution in [3.8, 4) is 0 Å². The highest BCUT2D eigenvalue weighted by molar-refractivity contribution is 7.98. The number of thioether (sulfide) groups is 1. The summed E-state index contributed by atoms with van der Waals surface area (Å²) in [6, 6.07) is 11.2. The molecule has 3 heteroatoms. The first kappa shape index (κ1) is 16.5. The number of benzene rings is 1. The molecular formula is C16H28N2S. The van der Waals surface area contributed by atoms with E-state index in [1.807, 2.05) is 17.8 Å². The van der Waals surface area contributed by atoms with Gasteiger partial charge < -0.3 is 10.6 Å². The first-order valence-corrected chi connectivity index (χ1v) is 8.54. The maximum Gasteiger partial charge on any atom is 0.0295 e. The van der Waals surface area contributed by atoms with Crippen molar-refractivity contribution in [2.24, 2.45) is 5.73 Å². The molecule has 1 aromatic rings. The topological polar surface area (TPSA) is 29.3 Å². The van der Waals surface area contributed by atoms with Crippen molar-refractivity contribution in [2.75, 3.05) is 25.6 Å². The fourth-order valence-corrected chi connectivity index (χ4v) is 2.73. The minimum Gasteiger partial charge on any atom is -0.324 e. The lowest BCUT2D eigenvalue weighted by atomic mass is 10.0. The molecule has 0 bridgehead atoms. The number of nitrogens with zero attached hydrogens (tertiary/aromatic N) is 1. The molecule has 2 nitrogen and oxygen atoms in total. The molecule has 1 rings (SSSR count). The van der Waals surface area contributed by atoms with Gasteiger partial charge in [0.05, 0.1) is 0 Å². The predicted molar refractivity (Wildman–Crippen MR) is 87.7 cm³/mol. The van der Waals surface area contributed by atoms with Crippen LogP contribution in [0.2, 0.25) is 0 Å². The molecule has 2 N–H and O–H groups in total. The van der Waals surface area contributed by atoms with Gasteiger partial charge in [0, 0.05) is 12.1 Å². The third kappa shape index (κ3) is 6.46. The van der Waals surface area contributed by atoms with Crippen LogP contribution in [-0.4, -0.2) is 36.5 Å². The number of hydrogen-bond donors (Lipinski definition) is 1. The van der Waals surface area contributed by atoms with Gasteiger partial charge >= 0.3 is 0 Å². The maximum atomic E-state index is 6.22. The highest BCUT2D eigenvalue weighted by Crippen LogP contribution is 2.16. The Kier molecular flexibility index (Phi) is 8.19. The van der Waals surface area contributed by atoms with Gasteiger partial charge in [-0.15, -0.1) is 0 Å². The van der Waals surface area contributed by atoms with Crippen LogP contribution >= 0.6 is 11.8 Å². The first-order chi connectivity index (χ1) is 9.15. The summed E-state index contributed by atoms with van der Waals surface area (Å²) in [7, 11) is 2.22. The Balaban J connectivity index is 2.22. The molecule has 0 radical (unpaired) electrons. The van der Waals surface area contributed by atoms with E-state index in [2.05, 4.69) is 49.4 Å². The fourth-order valence-electron chi connectivity index (χ4n) is 2.16. The SMILES string of the molecule is CSCCC(C)N(C)CCCC(N)c1ccccc1. The van der Waals surface area contributed by atoms with Gasteiger partial charge in [-0.1, -0.05) is 30.3 Å². The summed E-state index contributed by atoms with van der Waals surface area (Å²) in [5.74, 6) is 1.25. The van der Waals surface area contributed by atoms with E-state index in [0.717, 1.165) is 19.4 Å². The van der Waals surface area contributed by atoms with Gasteiger partial charge in [-0.3, -0.25) is 0 Å². The Bertz CT molecular complexity index is 329. The second-order valence-electron chi connectivity index (χ2n) is 5.27. The van der Waals surface area contributed by atoms with Crippen molar-refractivity contribution in [2.45, 2.75) is 38.3 Å². The van der Waals surface area contributed by atoms with Crippen LogP contribution in [-0.2, 0) is 0 Å². The summed E-state index contributed by atoms with van der Waals surface area (Å²) in [6.45, 7) is 3.45. The molecule has 108 valence electrons. The lowest BCUT2D eigenvalue weighted by Gasteiger charge is -2.25. The van der Waals surface area contributed by atoms with Crippen LogP contribution < -0.4 is 5.73 Å². The quantitative estimate of drug-likeness (QED) is 0.750. The highest BCUT2D eigenvalue weighted by atomic mass is 32.2. The zero-order valence-electron chi connectivity index (χ0n) is 12.5. The van der Waals surface area contributed by atoms with Crippen LogP contribution in [0.15, 0.2) is 30.3 Å².